The predicted octanol–water partition coefficient (Wildman–Crippen LogP) is 4.18. The fourth-order valence-electron chi connectivity index (χ4n) is 2.71. The van der Waals surface area contributed by atoms with Gasteiger partial charge in [-0.3, -0.25) is 4.72 Å². The smallest absolute Gasteiger partial charge is 0.237 e. The summed E-state index contributed by atoms with van der Waals surface area (Å²) >= 11 is 0. The molecule has 0 saturated heterocycles. The summed E-state index contributed by atoms with van der Waals surface area (Å²) in [6.45, 7) is 4.49. The molecule has 0 radical (unpaired) electrons. The Hall–Kier alpha value is -3.27. The van der Waals surface area contributed by atoms with E-state index in [1.807, 2.05) is 13.8 Å². The van der Waals surface area contributed by atoms with Crippen LogP contribution in [0.15, 0.2) is 48.5 Å². The van der Waals surface area contributed by atoms with Crippen LogP contribution in [0.1, 0.15) is 18.2 Å². The molecule has 1 heterocycles. The summed E-state index contributed by atoms with van der Waals surface area (Å²) in [5, 5.41) is 6.18. The highest BCUT2D eigenvalue weighted by Crippen LogP contribution is 2.21. The van der Waals surface area contributed by atoms with E-state index >= 15 is 0 Å². The van der Waals surface area contributed by atoms with Crippen molar-refractivity contribution in [2.24, 2.45) is 0 Å². The van der Waals surface area contributed by atoms with Gasteiger partial charge in [-0.05, 0) is 56.3 Å². The lowest BCUT2D eigenvalue weighted by molar-refractivity contribution is 0.581. The Morgan fingerprint density at radius 1 is 0.967 bits per heavy atom. The average Bonchev–Trinajstić information content (AvgIpc) is 2.66. The molecule has 0 aliphatic heterocycles. The van der Waals surface area contributed by atoms with Crippen molar-refractivity contribution < 1.29 is 17.2 Å². The van der Waals surface area contributed by atoms with Crippen molar-refractivity contribution in [3.63, 3.8) is 0 Å². The molecule has 0 aliphatic rings. The van der Waals surface area contributed by atoms with Crippen LogP contribution in [-0.2, 0) is 15.8 Å². The lowest BCUT2D eigenvalue weighted by atomic mass is 10.2. The molecular weight excluding hydrogens is 412 g/mol. The number of nitrogens with zero attached hydrogens (tertiary/aromatic N) is 2. The van der Waals surface area contributed by atoms with Crippen molar-refractivity contribution in [1.82, 2.24) is 9.97 Å². The first-order valence-corrected chi connectivity index (χ1v) is 10.8. The van der Waals surface area contributed by atoms with E-state index in [2.05, 4.69) is 25.3 Å². The Labute approximate surface area is 173 Å². The molecule has 0 unspecified atom stereocenters. The topological polar surface area (TPSA) is 96.0 Å². The van der Waals surface area contributed by atoms with Gasteiger partial charge in [0.2, 0.25) is 16.0 Å². The van der Waals surface area contributed by atoms with Gasteiger partial charge in [0, 0.05) is 35.2 Å². The third-order valence-electron chi connectivity index (χ3n) is 3.97. The summed E-state index contributed by atoms with van der Waals surface area (Å²) in [5.41, 5.74) is 1.54. The molecule has 30 heavy (non-hydrogen) atoms. The van der Waals surface area contributed by atoms with Crippen LogP contribution >= 0.6 is 0 Å². The Bertz CT molecular complexity index is 1140. The van der Waals surface area contributed by atoms with Crippen molar-refractivity contribution in [2.75, 3.05) is 21.9 Å². The molecule has 0 bridgehead atoms. The van der Waals surface area contributed by atoms with Crippen LogP contribution in [0.4, 0.5) is 31.9 Å². The molecule has 10 heteroatoms. The molecule has 0 atom stereocenters. The summed E-state index contributed by atoms with van der Waals surface area (Å²) < 4.78 is 54.0. The van der Waals surface area contributed by atoms with E-state index in [4.69, 9.17) is 0 Å². The molecule has 0 saturated carbocycles. The molecule has 0 aliphatic carbocycles. The lowest BCUT2D eigenvalue weighted by Gasteiger charge is -2.11. The monoisotopic (exact) mass is 433 g/mol. The first kappa shape index (κ1) is 21.4. The van der Waals surface area contributed by atoms with Crippen LogP contribution in [0.25, 0.3) is 0 Å². The maximum atomic E-state index is 13.7. The second-order valence-corrected chi connectivity index (χ2v) is 8.27. The minimum Gasteiger partial charge on any atom is -0.354 e. The number of benzene rings is 2. The molecule has 0 spiro atoms. The summed E-state index contributed by atoms with van der Waals surface area (Å²) in [5.74, 6) is -1.06. The standard InChI is InChI=1S/C20H21F2N5O2S/c1-3-23-20-24-13(2)10-19(26-20)25-16-5-7-17(8-6-16)27-30(28,29)12-14-11-15(21)4-9-18(14)22/h4-11,27H,3,12H2,1-2H3,(H2,23,24,25,26). The van der Waals surface area contributed by atoms with E-state index in [1.54, 1.807) is 30.3 Å². The van der Waals surface area contributed by atoms with Crippen molar-refractivity contribution in [1.29, 1.82) is 0 Å². The first-order chi connectivity index (χ1) is 14.2. The van der Waals surface area contributed by atoms with Gasteiger partial charge in [0.1, 0.15) is 17.5 Å². The summed E-state index contributed by atoms with van der Waals surface area (Å²) in [6.07, 6.45) is 0. The van der Waals surface area contributed by atoms with Crippen LogP contribution in [0.3, 0.4) is 0 Å². The first-order valence-electron chi connectivity index (χ1n) is 9.15. The number of rotatable bonds is 8. The van der Waals surface area contributed by atoms with Gasteiger partial charge in [0.15, 0.2) is 0 Å². The number of sulfonamides is 1. The predicted molar refractivity (Wildman–Crippen MR) is 113 cm³/mol. The van der Waals surface area contributed by atoms with Crippen LogP contribution in [-0.4, -0.2) is 24.9 Å². The minimum atomic E-state index is -3.92. The van der Waals surface area contributed by atoms with Gasteiger partial charge in [0.25, 0.3) is 0 Å². The third-order valence-corrected chi connectivity index (χ3v) is 5.21. The van der Waals surface area contributed by atoms with Crippen molar-refractivity contribution in [2.45, 2.75) is 19.6 Å². The highest BCUT2D eigenvalue weighted by molar-refractivity contribution is 7.91. The Balaban J connectivity index is 1.69. The SMILES string of the molecule is CCNc1nc(C)cc(Nc2ccc(NS(=O)(=O)Cc3cc(F)ccc3F)cc2)n1. The number of anilines is 4. The maximum Gasteiger partial charge on any atom is 0.237 e. The van der Waals surface area contributed by atoms with Gasteiger partial charge < -0.3 is 10.6 Å². The largest absolute Gasteiger partial charge is 0.354 e. The van der Waals surface area contributed by atoms with Gasteiger partial charge in [-0.2, -0.15) is 4.98 Å². The molecule has 0 amide bonds. The van der Waals surface area contributed by atoms with Gasteiger partial charge >= 0.3 is 0 Å². The minimum absolute atomic E-state index is 0.239. The van der Waals surface area contributed by atoms with Crippen molar-refractivity contribution >= 4 is 33.2 Å². The quantitative estimate of drug-likeness (QED) is 0.493. The second-order valence-electron chi connectivity index (χ2n) is 6.55. The van der Waals surface area contributed by atoms with E-state index in [9.17, 15) is 17.2 Å². The normalized spacial score (nSPS) is 11.2. The fraction of sp³-hybridized carbons (Fsp3) is 0.200. The molecule has 158 valence electrons. The molecular formula is C20H21F2N5O2S. The van der Waals surface area contributed by atoms with Gasteiger partial charge in [0.05, 0.1) is 5.75 Å². The molecule has 2 aromatic carbocycles. The Morgan fingerprint density at radius 3 is 2.37 bits per heavy atom. The third kappa shape index (κ3) is 5.86. The van der Waals surface area contributed by atoms with Crippen LogP contribution in [0, 0.1) is 18.6 Å². The molecule has 3 rings (SSSR count). The zero-order valence-electron chi connectivity index (χ0n) is 16.4. The number of nitrogens with one attached hydrogen (secondary N) is 3. The average molecular weight is 433 g/mol. The highest BCUT2D eigenvalue weighted by Gasteiger charge is 2.16. The molecule has 1 aromatic heterocycles. The lowest BCUT2D eigenvalue weighted by Crippen LogP contribution is -2.16. The van der Waals surface area contributed by atoms with Crippen molar-refractivity contribution in [3.05, 3.63) is 71.4 Å². The second kappa shape index (κ2) is 9.04. The van der Waals surface area contributed by atoms with E-state index in [0.717, 1.165) is 23.9 Å². The number of hydrogen-bond acceptors (Lipinski definition) is 6. The number of hydrogen-bond donors (Lipinski definition) is 3. The van der Waals surface area contributed by atoms with Crippen LogP contribution < -0.4 is 15.4 Å². The van der Waals surface area contributed by atoms with Crippen LogP contribution in [0.2, 0.25) is 0 Å². The molecule has 7 nitrogen and oxygen atoms in total. The zero-order chi connectivity index (χ0) is 21.7. The maximum absolute atomic E-state index is 13.7. The number of halogens is 2. The van der Waals surface area contributed by atoms with E-state index in [0.29, 0.717) is 29.7 Å². The molecule has 0 fully saturated rings. The number of aryl methyl sites for hydroxylation is 1. The zero-order valence-corrected chi connectivity index (χ0v) is 17.2. The van der Waals surface area contributed by atoms with Gasteiger partial charge in [-0.25, -0.2) is 22.2 Å². The fourth-order valence-corrected chi connectivity index (χ4v) is 3.91. The Morgan fingerprint density at radius 2 is 1.67 bits per heavy atom. The van der Waals surface area contributed by atoms with Crippen LogP contribution in [0.5, 0.6) is 0 Å². The highest BCUT2D eigenvalue weighted by atomic mass is 32.2. The molecule has 3 aromatic rings. The molecule has 3 N–H and O–H groups in total. The van der Waals surface area contributed by atoms with E-state index < -0.39 is 27.4 Å². The summed E-state index contributed by atoms with van der Waals surface area (Å²) in [6, 6.07) is 10.9. The van der Waals surface area contributed by atoms with Gasteiger partial charge in [-0.15, -0.1) is 0 Å². The summed E-state index contributed by atoms with van der Waals surface area (Å²) in [4.78, 5) is 8.63. The van der Waals surface area contributed by atoms with Gasteiger partial charge in [-0.1, -0.05) is 0 Å². The number of aromatic nitrogens is 2. The van der Waals surface area contributed by atoms with E-state index in [-0.39, 0.29) is 5.56 Å². The summed E-state index contributed by atoms with van der Waals surface area (Å²) in [7, 11) is -3.92. The van der Waals surface area contributed by atoms with E-state index in [1.165, 1.54) is 0 Å². The Kier molecular flexibility index (Phi) is 6.46. The van der Waals surface area contributed by atoms with Crippen molar-refractivity contribution in [3.8, 4) is 0 Å².